The molecule has 0 unspecified atom stereocenters. The average Bonchev–Trinajstić information content (AvgIpc) is 3.13. The second-order valence-corrected chi connectivity index (χ2v) is 7.34. The second kappa shape index (κ2) is 8.11. The van der Waals surface area contributed by atoms with Gasteiger partial charge in [0.25, 0.3) is 0 Å². The van der Waals surface area contributed by atoms with Crippen molar-refractivity contribution in [3.8, 4) is 17.2 Å². The molecule has 0 aromatic heterocycles. The SMILES string of the molecule is COc1ccc([C@@H]2c3cc(OC)c(OC)cc3[C@@H](c3ccccc3)[C@H]2C(=O)O)cc1. The molecule has 0 heterocycles. The van der Waals surface area contributed by atoms with Crippen molar-refractivity contribution in [3.63, 3.8) is 0 Å². The van der Waals surface area contributed by atoms with E-state index in [0.29, 0.717) is 11.5 Å². The highest BCUT2D eigenvalue weighted by Crippen LogP contribution is 2.55. The van der Waals surface area contributed by atoms with E-state index in [1.165, 1.54) is 0 Å². The molecule has 30 heavy (non-hydrogen) atoms. The van der Waals surface area contributed by atoms with E-state index in [9.17, 15) is 9.90 Å². The quantitative estimate of drug-likeness (QED) is 0.646. The van der Waals surface area contributed by atoms with Crippen LogP contribution >= 0.6 is 0 Å². The van der Waals surface area contributed by atoms with Crippen LogP contribution in [0.4, 0.5) is 0 Å². The zero-order valence-electron chi connectivity index (χ0n) is 17.2. The van der Waals surface area contributed by atoms with Gasteiger partial charge in [0.05, 0.1) is 27.2 Å². The van der Waals surface area contributed by atoms with E-state index in [1.54, 1.807) is 21.3 Å². The van der Waals surface area contributed by atoms with Gasteiger partial charge in [0.2, 0.25) is 0 Å². The predicted molar refractivity (Wildman–Crippen MR) is 114 cm³/mol. The van der Waals surface area contributed by atoms with Gasteiger partial charge in [-0.2, -0.15) is 0 Å². The van der Waals surface area contributed by atoms with Crippen LogP contribution in [-0.4, -0.2) is 32.4 Å². The average molecular weight is 404 g/mol. The Balaban J connectivity index is 1.96. The molecule has 3 aromatic rings. The summed E-state index contributed by atoms with van der Waals surface area (Å²) in [7, 11) is 4.79. The number of rotatable bonds is 6. The standard InChI is InChI=1S/C25H24O5/c1-28-17-11-9-16(10-12-17)23-19-14-21(30-3)20(29-2)13-18(19)22(24(23)25(26)27)15-7-5-4-6-8-15/h4-14,22-24H,1-3H3,(H,26,27)/t22-,23-,24-/m1/s1. The number of hydrogen-bond donors (Lipinski definition) is 1. The Hall–Kier alpha value is -3.47. The van der Waals surface area contributed by atoms with Gasteiger partial charge in [0, 0.05) is 11.8 Å². The Bertz CT molecular complexity index is 1040. The van der Waals surface area contributed by atoms with Crippen molar-refractivity contribution in [3.05, 3.63) is 89.0 Å². The number of benzene rings is 3. The van der Waals surface area contributed by atoms with Gasteiger partial charge < -0.3 is 19.3 Å². The molecule has 0 saturated heterocycles. The van der Waals surface area contributed by atoms with Crippen LogP contribution < -0.4 is 14.2 Å². The van der Waals surface area contributed by atoms with Crippen molar-refractivity contribution >= 4 is 5.97 Å². The molecule has 4 rings (SSSR count). The van der Waals surface area contributed by atoms with Crippen LogP contribution in [0, 0.1) is 5.92 Å². The van der Waals surface area contributed by atoms with Gasteiger partial charge >= 0.3 is 5.97 Å². The van der Waals surface area contributed by atoms with E-state index in [2.05, 4.69) is 0 Å². The molecule has 0 saturated carbocycles. The molecule has 5 heteroatoms. The fourth-order valence-electron chi connectivity index (χ4n) is 4.56. The largest absolute Gasteiger partial charge is 0.497 e. The third-order valence-electron chi connectivity index (χ3n) is 5.90. The maximum Gasteiger partial charge on any atom is 0.308 e. The predicted octanol–water partition coefficient (Wildman–Crippen LogP) is 4.69. The molecular formula is C25H24O5. The second-order valence-electron chi connectivity index (χ2n) is 7.34. The zero-order chi connectivity index (χ0) is 21.3. The molecule has 0 aliphatic heterocycles. The molecular weight excluding hydrogens is 380 g/mol. The van der Waals surface area contributed by atoms with Crippen molar-refractivity contribution in [1.29, 1.82) is 0 Å². The molecule has 1 aliphatic carbocycles. The summed E-state index contributed by atoms with van der Waals surface area (Å²) >= 11 is 0. The number of carbonyl (C=O) groups is 1. The summed E-state index contributed by atoms with van der Waals surface area (Å²) in [6, 6.07) is 21.2. The molecule has 1 aliphatic rings. The van der Waals surface area contributed by atoms with Gasteiger partial charge in [-0.3, -0.25) is 4.79 Å². The van der Waals surface area contributed by atoms with Gasteiger partial charge in [-0.05, 0) is 46.5 Å². The Morgan fingerprint density at radius 2 is 1.23 bits per heavy atom. The first kappa shape index (κ1) is 19.8. The molecule has 0 fully saturated rings. The van der Waals surface area contributed by atoms with Crippen LogP contribution in [0.2, 0.25) is 0 Å². The maximum absolute atomic E-state index is 12.6. The summed E-state index contributed by atoms with van der Waals surface area (Å²) in [5.41, 5.74) is 3.79. The van der Waals surface area contributed by atoms with Crippen molar-refractivity contribution < 1.29 is 24.1 Å². The van der Waals surface area contributed by atoms with Crippen molar-refractivity contribution in [2.45, 2.75) is 11.8 Å². The van der Waals surface area contributed by atoms with Gasteiger partial charge in [-0.15, -0.1) is 0 Å². The highest BCUT2D eigenvalue weighted by molar-refractivity contribution is 5.78. The minimum absolute atomic E-state index is 0.300. The first-order valence-electron chi connectivity index (χ1n) is 9.76. The van der Waals surface area contributed by atoms with Crippen LogP contribution in [0.1, 0.15) is 34.1 Å². The van der Waals surface area contributed by atoms with Gasteiger partial charge in [0.1, 0.15) is 5.75 Å². The van der Waals surface area contributed by atoms with Crippen LogP contribution in [0.15, 0.2) is 66.7 Å². The number of methoxy groups -OCH3 is 3. The van der Waals surface area contributed by atoms with Crippen molar-refractivity contribution in [1.82, 2.24) is 0 Å². The van der Waals surface area contributed by atoms with E-state index in [1.807, 2.05) is 66.7 Å². The monoisotopic (exact) mass is 404 g/mol. The molecule has 1 N–H and O–H groups in total. The third kappa shape index (κ3) is 3.26. The topological polar surface area (TPSA) is 65.0 Å². The summed E-state index contributed by atoms with van der Waals surface area (Å²) in [5, 5.41) is 10.3. The van der Waals surface area contributed by atoms with E-state index < -0.39 is 11.9 Å². The van der Waals surface area contributed by atoms with Crippen LogP contribution in [0.25, 0.3) is 0 Å². The summed E-state index contributed by atoms with van der Waals surface area (Å²) in [4.78, 5) is 12.6. The van der Waals surface area contributed by atoms with Crippen molar-refractivity contribution in [2.24, 2.45) is 5.92 Å². The molecule has 0 spiro atoms. The lowest BCUT2D eigenvalue weighted by Crippen LogP contribution is -2.23. The summed E-state index contributed by atoms with van der Waals surface area (Å²) in [6.45, 7) is 0. The number of aliphatic carboxylic acids is 1. The lowest BCUT2D eigenvalue weighted by molar-refractivity contribution is -0.142. The molecule has 0 amide bonds. The van der Waals surface area contributed by atoms with Crippen LogP contribution in [0.5, 0.6) is 17.2 Å². The molecule has 0 radical (unpaired) electrons. The lowest BCUT2D eigenvalue weighted by Gasteiger charge is -2.22. The zero-order valence-corrected chi connectivity index (χ0v) is 17.2. The lowest BCUT2D eigenvalue weighted by atomic mass is 9.80. The number of fused-ring (bicyclic) bond motifs is 1. The normalized spacial score (nSPS) is 19.8. The fourth-order valence-corrected chi connectivity index (χ4v) is 4.56. The number of hydrogen-bond acceptors (Lipinski definition) is 4. The third-order valence-corrected chi connectivity index (χ3v) is 5.90. The van der Waals surface area contributed by atoms with Crippen molar-refractivity contribution in [2.75, 3.05) is 21.3 Å². The van der Waals surface area contributed by atoms with Crippen LogP contribution in [0.3, 0.4) is 0 Å². The summed E-state index contributed by atoms with van der Waals surface area (Å²) in [5.74, 6) is -0.203. The number of carboxylic acid groups (broad SMARTS) is 1. The van der Waals surface area contributed by atoms with Gasteiger partial charge in [-0.1, -0.05) is 42.5 Å². The molecule has 3 atom stereocenters. The molecule has 3 aromatic carbocycles. The van der Waals surface area contributed by atoms with Gasteiger partial charge in [0.15, 0.2) is 11.5 Å². The highest BCUT2D eigenvalue weighted by Gasteiger charge is 2.47. The summed E-state index contributed by atoms with van der Waals surface area (Å²) < 4.78 is 16.3. The smallest absolute Gasteiger partial charge is 0.308 e. The minimum Gasteiger partial charge on any atom is -0.497 e. The maximum atomic E-state index is 12.6. The minimum atomic E-state index is -0.834. The first-order chi connectivity index (χ1) is 14.6. The molecule has 0 bridgehead atoms. The Kier molecular flexibility index (Phi) is 5.36. The number of ether oxygens (including phenoxy) is 3. The number of carboxylic acids is 1. The Labute approximate surface area is 175 Å². The molecule has 5 nitrogen and oxygen atoms in total. The van der Waals surface area contributed by atoms with E-state index in [0.717, 1.165) is 28.0 Å². The Morgan fingerprint density at radius 3 is 1.67 bits per heavy atom. The van der Waals surface area contributed by atoms with E-state index in [4.69, 9.17) is 14.2 Å². The van der Waals surface area contributed by atoms with Crippen LogP contribution in [-0.2, 0) is 4.79 Å². The Morgan fingerprint density at radius 1 is 0.733 bits per heavy atom. The highest BCUT2D eigenvalue weighted by atomic mass is 16.5. The van der Waals surface area contributed by atoms with E-state index in [-0.39, 0.29) is 11.8 Å². The van der Waals surface area contributed by atoms with Gasteiger partial charge in [-0.25, -0.2) is 0 Å². The summed E-state index contributed by atoms with van der Waals surface area (Å²) in [6.07, 6.45) is 0. The van der Waals surface area contributed by atoms with E-state index >= 15 is 0 Å². The molecule has 154 valence electrons. The fraction of sp³-hybridized carbons (Fsp3) is 0.240. The first-order valence-corrected chi connectivity index (χ1v) is 9.76.